The number of nitrogens with one attached hydrogen (secondary N) is 1. The maximum absolute atomic E-state index is 11.9. The molecule has 0 aliphatic heterocycles. The van der Waals surface area contributed by atoms with E-state index in [9.17, 15) is 4.79 Å². The zero-order chi connectivity index (χ0) is 16.5. The van der Waals surface area contributed by atoms with E-state index in [1.165, 1.54) is 5.56 Å². The van der Waals surface area contributed by atoms with Gasteiger partial charge in [0, 0.05) is 13.1 Å². The van der Waals surface area contributed by atoms with Gasteiger partial charge in [-0.15, -0.1) is 0 Å². The first-order valence-corrected chi connectivity index (χ1v) is 7.82. The molecule has 2 aromatic rings. The Hall–Kier alpha value is -2.33. The molecular formula is C19H24N2O2. The molecule has 2 aromatic carbocycles. The average molecular weight is 312 g/mol. The summed E-state index contributed by atoms with van der Waals surface area (Å²) >= 11 is 0. The van der Waals surface area contributed by atoms with Crippen LogP contribution in [-0.2, 0) is 11.3 Å². The number of ether oxygens (including phenoxy) is 1. The molecule has 0 heterocycles. The van der Waals surface area contributed by atoms with Crippen LogP contribution in [-0.4, -0.2) is 37.6 Å². The summed E-state index contributed by atoms with van der Waals surface area (Å²) in [5, 5.41) is 2.92. The first kappa shape index (κ1) is 17.0. The Bertz CT molecular complexity index is 614. The summed E-state index contributed by atoms with van der Waals surface area (Å²) in [6.45, 7) is 4.23. The van der Waals surface area contributed by atoms with E-state index >= 15 is 0 Å². The summed E-state index contributed by atoms with van der Waals surface area (Å²) < 4.78 is 5.69. The van der Waals surface area contributed by atoms with Gasteiger partial charge in [0.2, 0.25) is 5.91 Å². The van der Waals surface area contributed by atoms with Crippen molar-refractivity contribution >= 4 is 5.91 Å². The van der Waals surface area contributed by atoms with Gasteiger partial charge >= 0.3 is 0 Å². The fraction of sp³-hybridized carbons (Fsp3) is 0.316. The Balaban J connectivity index is 1.64. The zero-order valence-electron chi connectivity index (χ0n) is 13.8. The van der Waals surface area contributed by atoms with Crippen molar-refractivity contribution in [2.24, 2.45) is 0 Å². The van der Waals surface area contributed by atoms with E-state index in [2.05, 4.69) is 5.32 Å². The van der Waals surface area contributed by atoms with Crippen LogP contribution in [0.2, 0.25) is 0 Å². The third kappa shape index (κ3) is 6.53. The summed E-state index contributed by atoms with van der Waals surface area (Å²) in [7, 11) is 1.92. The topological polar surface area (TPSA) is 41.6 Å². The lowest BCUT2D eigenvalue weighted by atomic mass is 10.2. The number of aryl methyl sites for hydroxylation is 1. The van der Waals surface area contributed by atoms with Gasteiger partial charge < -0.3 is 10.1 Å². The average Bonchev–Trinajstić information content (AvgIpc) is 2.54. The summed E-state index contributed by atoms with van der Waals surface area (Å²) in [6, 6.07) is 17.9. The number of hydrogen-bond acceptors (Lipinski definition) is 3. The molecule has 0 saturated heterocycles. The number of benzene rings is 2. The largest absolute Gasteiger partial charge is 0.492 e. The predicted molar refractivity (Wildman–Crippen MR) is 92.5 cm³/mol. The number of rotatable bonds is 8. The first-order chi connectivity index (χ1) is 11.1. The van der Waals surface area contributed by atoms with Crippen LogP contribution in [0, 0.1) is 6.92 Å². The van der Waals surface area contributed by atoms with Crippen LogP contribution in [0.4, 0.5) is 0 Å². The molecule has 0 fully saturated rings. The lowest BCUT2D eigenvalue weighted by molar-refractivity contribution is -0.122. The van der Waals surface area contributed by atoms with Crippen LogP contribution in [0.5, 0.6) is 5.75 Å². The Morgan fingerprint density at radius 2 is 1.91 bits per heavy atom. The standard InChI is InChI=1S/C19H24N2O2/c1-16-7-6-10-18(13-16)23-12-11-21(2)15-19(22)20-14-17-8-4-3-5-9-17/h3-10,13H,11-12,14-15H2,1-2H3,(H,20,22). The van der Waals surface area contributed by atoms with Crippen molar-refractivity contribution in [3.05, 3.63) is 65.7 Å². The van der Waals surface area contributed by atoms with Crippen molar-refractivity contribution in [3.63, 3.8) is 0 Å². The minimum Gasteiger partial charge on any atom is -0.492 e. The van der Waals surface area contributed by atoms with Crippen LogP contribution in [0.1, 0.15) is 11.1 Å². The highest BCUT2D eigenvalue weighted by Crippen LogP contribution is 2.11. The van der Waals surface area contributed by atoms with E-state index in [1.54, 1.807) is 0 Å². The number of amides is 1. The highest BCUT2D eigenvalue weighted by atomic mass is 16.5. The predicted octanol–water partition coefficient (Wildman–Crippen LogP) is 2.62. The van der Waals surface area contributed by atoms with Gasteiger partial charge in [-0.2, -0.15) is 0 Å². The van der Waals surface area contributed by atoms with Crippen LogP contribution < -0.4 is 10.1 Å². The van der Waals surface area contributed by atoms with Crippen molar-refractivity contribution in [2.45, 2.75) is 13.5 Å². The van der Waals surface area contributed by atoms with E-state index in [4.69, 9.17) is 4.74 Å². The van der Waals surface area contributed by atoms with Crippen molar-refractivity contribution in [1.29, 1.82) is 0 Å². The summed E-state index contributed by atoms with van der Waals surface area (Å²) in [6.07, 6.45) is 0. The minimum atomic E-state index is 0.0203. The monoisotopic (exact) mass is 312 g/mol. The molecule has 1 amide bonds. The first-order valence-electron chi connectivity index (χ1n) is 7.82. The lowest BCUT2D eigenvalue weighted by Crippen LogP contribution is -2.36. The fourth-order valence-electron chi connectivity index (χ4n) is 2.20. The second-order valence-electron chi connectivity index (χ2n) is 5.67. The molecule has 2 rings (SSSR count). The van der Waals surface area contributed by atoms with Gasteiger partial charge in [-0.1, -0.05) is 42.5 Å². The second-order valence-corrected chi connectivity index (χ2v) is 5.67. The van der Waals surface area contributed by atoms with Gasteiger partial charge in [0.1, 0.15) is 12.4 Å². The lowest BCUT2D eigenvalue weighted by Gasteiger charge is -2.16. The summed E-state index contributed by atoms with van der Waals surface area (Å²) in [5.41, 5.74) is 2.28. The van der Waals surface area contributed by atoms with Gasteiger partial charge in [0.15, 0.2) is 0 Å². The molecule has 4 nitrogen and oxygen atoms in total. The molecule has 0 unspecified atom stereocenters. The third-order valence-corrected chi connectivity index (χ3v) is 3.48. The number of likely N-dealkylation sites (N-methyl/N-ethyl adjacent to an activating group) is 1. The van der Waals surface area contributed by atoms with Gasteiger partial charge in [0.05, 0.1) is 6.54 Å². The SMILES string of the molecule is Cc1cccc(OCCN(C)CC(=O)NCc2ccccc2)c1. The van der Waals surface area contributed by atoms with Gasteiger partial charge in [-0.05, 0) is 37.2 Å². The van der Waals surface area contributed by atoms with E-state index in [0.29, 0.717) is 26.2 Å². The number of hydrogen-bond donors (Lipinski definition) is 1. The van der Waals surface area contributed by atoms with Crippen molar-refractivity contribution in [3.8, 4) is 5.75 Å². The normalized spacial score (nSPS) is 10.6. The molecule has 0 aromatic heterocycles. The van der Waals surface area contributed by atoms with Crippen molar-refractivity contribution in [1.82, 2.24) is 10.2 Å². The molecule has 0 spiro atoms. The fourth-order valence-corrected chi connectivity index (χ4v) is 2.20. The Morgan fingerprint density at radius 3 is 2.65 bits per heavy atom. The number of carbonyl (C=O) groups excluding carboxylic acids is 1. The van der Waals surface area contributed by atoms with Crippen LogP contribution in [0.25, 0.3) is 0 Å². The second kappa shape index (κ2) is 8.96. The van der Waals surface area contributed by atoms with Gasteiger partial charge in [-0.25, -0.2) is 0 Å². The highest BCUT2D eigenvalue weighted by molar-refractivity contribution is 5.77. The van der Waals surface area contributed by atoms with E-state index in [0.717, 1.165) is 11.3 Å². The summed E-state index contributed by atoms with van der Waals surface area (Å²) in [5.74, 6) is 0.888. The third-order valence-electron chi connectivity index (χ3n) is 3.48. The molecule has 0 atom stereocenters. The molecule has 0 radical (unpaired) electrons. The van der Waals surface area contributed by atoms with Crippen LogP contribution in [0.15, 0.2) is 54.6 Å². The van der Waals surface area contributed by atoms with Gasteiger partial charge in [0.25, 0.3) is 0 Å². The molecule has 23 heavy (non-hydrogen) atoms. The van der Waals surface area contributed by atoms with Gasteiger partial charge in [-0.3, -0.25) is 9.69 Å². The van der Waals surface area contributed by atoms with Crippen molar-refractivity contribution < 1.29 is 9.53 Å². The molecule has 0 aliphatic carbocycles. The van der Waals surface area contributed by atoms with E-state index in [-0.39, 0.29) is 5.91 Å². The molecule has 0 saturated carbocycles. The van der Waals surface area contributed by atoms with E-state index < -0.39 is 0 Å². The van der Waals surface area contributed by atoms with Crippen molar-refractivity contribution in [2.75, 3.05) is 26.7 Å². The van der Waals surface area contributed by atoms with E-state index in [1.807, 2.05) is 73.5 Å². The molecule has 1 N–H and O–H groups in total. The molecule has 4 heteroatoms. The number of nitrogens with zero attached hydrogens (tertiary/aromatic N) is 1. The minimum absolute atomic E-state index is 0.0203. The quantitative estimate of drug-likeness (QED) is 0.815. The zero-order valence-corrected chi connectivity index (χ0v) is 13.8. The summed E-state index contributed by atoms with van der Waals surface area (Å²) in [4.78, 5) is 13.9. The highest BCUT2D eigenvalue weighted by Gasteiger charge is 2.06. The Kier molecular flexibility index (Phi) is 6.63. The Labute approximate surface area is 138 Å². The molecule has 0 bridgehead atoms. The smallest absolute Gasteiger partial charge is 0.234 e. The molecular weight excluding hydrogens is 288 g/mol. The maximum Gasteiger partial charge on any atom is 0.234 e. The maximum atomic E-state index is 11.9. The van der Waals surface area contributed by atoms with Crippen LogP contribution in [0.3, 0.4) is 0 Å². The Morgan fingerprint density at radius 1 is 1.13 bits per heavy atom. The number of carbonyl (C=O) groups is 1. The molecule has 122 valence electrons. The molecule has 0 aliphatic rings. The van der Waals surface area contributed by atoms with Crippen LogP contribution >= 0.6 is 0 Å².